The molecule has 5 nitrogen and oxygen atoms in total. The Bertz CT molecular complexity index is 469. The van der Waals surface area contributed by atoms with Crippen molar-refractivity contribution in [3.05, 3.63) is 36.2 Å². The van der Waals surface area contributed by atoms with Crippen molar-refractivity contribution in [2.24, 2.45) is 5.73 Å². The van der Waals surface area contributed by atoms with Crippen LogP contribution in [0.1, 0.15) is 37.7 Å². The van der Waals surface area contributed by atoms with Gasteiger partial charge in [-0.2, -0.15) is 5.10 Å². The standard InChI is InChI=1S/C12H19N5/c1-3-5-17-12(14-9-15-17)8-16-6-4-11(7-16)10(2)13/h4,6-7,9-10H,3,5,8,13H2,1-2H3. The fourth-order valence-electron chi connectivity index (χ4n) is 1.80. The van der Waals surface area contributed by atoms with Gasteiger partial charge in [-0.15, -0.1) is 0 Å². The average molecular weight is 233 g/mol. The minimum absolute atomic E-state index is 0.0739. The van der Waals surface area contributed by atoms with Crippen molar-refractivity contribution in [1.82, 2.24) is 19.3 Å². The number of nitrogens with zero attached hydrogens (tertiary/aromatic N) is 4. The third kappa shape index (κ3) is 2.74. The highest BCUT2D eigenvalue weighted by atomic mass is 15.3. The van der Waals surface area contributed by atoms with E-state index in [0.29, 0.717) is 0 Å². The summed E-state index contributed by atoms with van der Waals surface area (Å²) in [7, 11) is 0. The Balaban J connectivity index is 2.11. The molecule has 5 heteroatoms. The zero-order chi connectivity index (χ0) is 12.3. The Morgan fingerprint density at radius 1 is 1.47 bits per heavy atom. The third-order valence-electron chi connectivity index (χ3n) is 2.75. The molecule has 1 atom stereocenters. The van der Waals surface area contributed by atoms with Gasteiger partial charge < -0.3 is 10.3 Å². The normalized spacial score (nSPS) is 12.9. The van der Waals surface area contributed by atoms with Crippen LogP contribution in [0.5, 0.6) is 0 Å². The highest BCUT2D eigenvalue weighted by Crippen LogP contribution is 2.10. The fraction of sp³-hybridized carbons (Fsp3) is 0.500. The van der Waals surface area contributed by atoms with Gasteiger partial charge in [0.2, 0.25) is 0 Å². The smallest absolute Gasteiger partial charge is 0.146 e. The molecule has 0 aliphatic heterocycles. The number of aryl methyl sites for hydroxylation is 1. The van der Waals surface area contributed by atoms with Crippen LogP contribution in [0.2, 0.25) is 0 Å². The topological polar surface area (TPSA) is 61.7 Å². The van der Waals surface area contributed by atoms with Crippen LogP contribution in [0.4, 0.5) is 0 Å². The van der Waals surface area contributed by atoms with E-state index in [9.17, 15) is 0 Å². The van der Waals surface area contributed by atoms with Crippen LogP contribution < -0.4 is 5.73 Å². The first-order chi connectivity index (χ1) is 8.20. The van der Waals surface area contributed by atoms with Gasteiger partial charge in [-0.3, -0.25) is 0 Å². The zero-order valence-corrected chi connectivity index (χ0v) is 10.4. The second kappa shape index (κ2) is 5.14. The van der Waals surface area contributed by atoms with E-state index in [1.165, 1.54) is 0 Å². The molecule has 0 bridgehead atoms. The van der Waals surface area contributed by atoms with E-state index in [2.05, 4.69) is 27.8 Å². The summed E-state index contributed by atoms with van der Waals surface area (Å²) in [6.07, 6.45) is 6.77. The van der Waals surface area contributed by atoms with E-state index in [4.69, 9.17) is 5.73 Å². The largest absolute Gasteiger partial charge is 0.346 e. The molecule has 0 saturated carbocycles. The van der Waals surface area contributed by atoms with Gasteiger partial charge in [0.1, 0.15) is 12.2 Å². The Kier molecular flexibility index (Phi) is 3.58. The first kappa shape index (κ1) is 11.9. The van der Waals surface area contributed by atoms with Crippen molar-refractivity contribution in [2.45, 2.75) is 39.4 Å². The highest BCUT2D eigenvalue weighted by Gasteiger charge is 2.06. The van der Waals surface area contributed by atoms with Crippen molar-refractivity contribution in [3.63, 3.8) is 0 Å². The molecule has 0 amide bonds. The van der Waals surface area contributed by atoms with Crippen LogP contribution in [0.15, 0.2) is 24.8 Å². The quantitative estimate of drug-likeness (QED) is 0.852. The van der Waals surface area contributed by atoms with E-state index in [1.54, 1.807) is 6.33 Å². The van der Waals surface area contributed by atoms with Crippen molar-refractivity contribution in [2.75, 3.05) is 0 Å². The summed E-state index contributed by atoms with van der Waals surface area (Å²) in [4.78, 5) is 4.28. The zero-order valence-electron chi connectivity index (χ0n) is 10.4. The van der Waals surface area contributed by atoms with Gasteiger partial charge in [0.15, 0.2) is 0 Å². The van der Waals surface area contributed by atoms with Gasteiger partial charge in [0.25, 0.3) is 0 Å². The van der Waals surface area contributed by atoms with Gasteiger partial charge in [0.05, 0.1) is 6.54 Å². The molecule has 1 unspecified atom stereocenters. The molecule has 0 fully saturated rings. The molecular formula is C12H19N5. The van der Waals surface area contributed by atoms with Gasteiger partial charge in [-0.1, -0.05) is 6.92 Å². The molecule has 0 aromatic carbocycles. The van der Waals surface area contributed by atoms with Crippen molar-refractivity contribution in [1.29, 1.82) is 0 Å². The third-order valence-corrected chi connectivity index (χ3v) is 2.75. The minimum Gasteiger partial charge on any atom is -0.346 e. The van der Waals surface area contributed by atoms with Crippen molar-refractivity contribution in [3.8, 4) is 0 Å². The van der Waals surface area contributed by atoms with Crippen LogP contribution in [-0.4, -0.2) is 19.3 Å². The van der Waals surface area contributed by atoms with Crippen molar-refractivity contribution >= 4 is 0 Å². The van der Waals surface area contributed by atoms with E-state index in [0.717, 1.165) is 30.9 Å². The molecule has 17 heavy (non-hydrogen) atoms. The molecule has 0 aliphatic rings. The van der Waals surface area contributed by atoms with E-state index in [-0.39, 0.29) is 6.04 Å². The molecular weight excluding hydrogens is 214 g/mol. The Labute approximate surface area is 101 Å². The summed E-state index contributed by atoms with van der Waals surface area (Å²) in [5, 5.41) is 4.21. The summed E-state index contributed by atoms with van der Waals surface area (Å²) in [6, 6.07) is 2.12. The maximum Gasteiger partial charge on any atom is 0.146 e. The SMILES string of the molecule is CCCn1ncnc1Cn1ccc(C(C)N)c1. The van der Waals surface area contributed by atoms with Gasteiger partial charge in [-0.05, 0) is 25.0 Å². The minimum atomic E-state index is 0.0739. The molecule has 2 heterocycles. The first-order valence-corrected chi connectivity index (χ1v) is 5.98. The van der Waals surface area contributed by atoms with Gasteiger partial charge in [0, 0.05) is 25.0 Å². The maximum atomic E-state index is 5.83. The molecule has 92 valence electrons. The van der Waals surface area contributed by atoms with Crippen LogP contribution in [0, 0.1) is 0 Å². The van der Waals surface area contributed by atoms with Crippen LogP contribution >= 0.6 is 0 Å². The summed E-state index contributed by atoms with van der Waals surface area (Å²) >= 11 is 0. The number of aromatic nitrogens is 4. The second-order valence-corrected chi connectivity index (χ2v) is 4.31. The number of nitrogens with two attached hydrogens (primary N) is 1. The van der Waals surface area contributed by atoms with Crippen LogP contribution in [-0.2, 0) is 13.1 Å². The van der Waals surface area contributed by atoms with Gasteiger partial charge in [-0.25, -0.2) is 9.67 Å². The average Bonchev–Trinajstić information content (AvgIpc) is 2.90. The number of hydrogen-bond acceptors (Lipinski definition) is 3. The lowest BCUT2D eigenvalue weighted by atomic mass is 10.2. The Morgan fingerprint density at radius 2 is 2.29 bits per heavy atom. The van der Waals surface area contributed by atoms with Crippen LogP contribution in [0.3, 0.4) is 0 Å². The van der Waals surface area contributed by atoms with E-state index < -0.39 is 0 Å². The van der Waals surface area contributed by atoms with E-state index in [1.807, 2.05) is 23.9 Å². The van der Waals surface area contributed by atoms with E-state index >= 15 is 0 Å². The Morgan fingerprint density at radius 3 is 2.94 bits per heavy atom. The predicted molar refractivity (Wildman–Crippen MR) is 66.4 cm³/mol. The Hall–Kier alpha value is -1.62. The van der Waals surface area contributed by atoms with Crippen LogP contribution in [0.25, 0.3) is 0 Å². The summed E-state index contributed by atoms with van der Waals surface area (Å²) < 4.78 is 4.04. The lowest BCUT2D eigenvalue weighted by Crippen LogP contribution is -2.09. The lowest BCUT2D eigenvalue weighted by Gasteiger charge is -2.05. The molecule has 2 N–H and O–H groups in total. The molecule has 0 aliphatic carbocycles. The summed E-state index contributed by atoms with van der Waals surface area (Å²) in [6.45, 7) is 5.78. The van der Waals surface area contributed by atoms with Crippen molar-refractivity contribution < 1.29 is 0 Å². The molecule has 0 radical (unpaired) electrons. The fourth-order valence-corrected chi connectivity index (χ4v) is 1.80. The molecule has 2 aromatic heterocycles. The lowest BCUT2D eigenvalue weighted by molar-refractivity contribution is 0.554. The molecule has 2 rings (SSSR count). The molecule has 0 saturated heterocycles. The number of rotatable bonds is 5. The number of hydrogen-bond donors (Lipinski definition) is 1. The molecule has 2 aromatic rings. The second-order valence-electron chi connectivity index (χ2n) is 4.31. The summed E-state index contributed by atoms with van der Waals surface area (Å²) in [5.41, 5.74) is 6.98. The molecule has 0 spiro atoms. The van der Waals surface area contributed by atoms with Gasteiger partial charge >= 0.3 is 0 Å². The monoisotopic (exact) mass is 233 g/mol. The first-order valence-electron chi connectivity index (χ1n) is 5.98. The highest BCUT2D eigenvalue weighted by molar-refractivity contribution is 5.14. The maximum absolute atomic E-state index is 5.83. The predicted octanol–water partition coefficient (Wildman–Crippen LogP) is 1.56. The summed E-state index contributed by atoms with van der Waals surface area (Å²) in [5.74, 6) is 0.985.